The minimum absolute atomic E-state index is 0.484. The van der Waals surface area contributed by atoms with Gasteiger partial charge in [0.15, 0.2) is 0 Å². The van der Waals surface area contributed by atoms with Crippen molar-refractivity contribution in [2.45, 2.75) is 53.9 Å². The molecule has 5 nitrogen and oxygen atoms in total. The Morgan fingerprint density at radius 1 is 0.929 bits per heavy atom. The van der Waals surface area contributed by atoms with E-state index in [-0.39, 0.29) is 0 Å². The summed E-state index contributed by atoms with van der Waals surface area (Å²) in [6.07, 6.45) is 2.66. The third kappa shape index (κ3) is 5.37. The molecule has 1 unspecified atom stereocenters. The summed E-state index contributed by atoms with van der Waals surface area (Å²) in [5.41, 5.74) is 3.55. The van der Waals surface area contributed by atoms with E-state index in [9.17, 15) is 0 Å². The Balaban J connectivity index is 2.40. The molecule has 28 heavy (non-hydrogen) atoms. The molecule has 1 aromatic heterocycles. The summed E-state index contributed by atoms with van der Waals surface area (Å²) < 4.78 is 17.0. The lowest BCUT2D eigenvalue weighted by Crippen LogP contribution is -2.14. The van der Waals surface area contributed by atoms with Gasteiger partial charge in [-0.25, -0.2) is 9.97 Å². The highest BCUT2D eigenvalue weighted by molar-refractivity contribution is 5.70. The van der Waals surface area contributed by atoms with Gasteiger partial charge in [0, 0.05) is 11.6 Å². The number of methoxy groups -OCH3 is 2. The largest absolute Gasteiger partial charge is 0.497 e. The van der Waals surface area contributed by atoms with Crippen LogP contribution in [0.1, 0.15) is 52.4 Å². The van der Waals surface area contributed by atoms with Crippen LogP contribution in [0.5, 0.6) is 17.4 Å². The minimum Gasteiger partial charge on any atom is -0.497 e. The highest BCUT2D eigenvalue weighted by atomic mass is 16.5. The van der Waals surface area contributed by atoms with Crippen molar-refractivity contribution >= 4 is 0 Å². The summed E-state index contributed by atoms with van der Waals surface area (Å²) in [5.74, 6) is 3.28. The molecule has 2 rings (SSSR count). The molecule has 2 aromatic rings. The van der Waals surface area contributed by atoms with Gasteiger partial charge < -0.3 is 14.2 Å². The van der Waals surface area contributed by atoms with Crippen molar-refractivity contribution in [1.29, 1.82) is 0 Å². The summed E-state index contributed by atoms with van der Waals surface area (Å²) in [7, 11) is 3.30. The number of benzene rings is 1. The molecule has 1 aromatic carbocycles. The lowest BCUT2D eigenvalue weighted by molar-refractivity contribution is 0.228. The van der Waals surface area contributed by atoms with Gasteiger partial charge in [-0.15, -0.1) is 0 Å². The van der Waals surface area contributed by atoms with Crippen LogP contribution in [-0.4, -0.2) is 30.8 Å². The number of nitrogens with zero attached hydrogens (tertiary/aromatic N) is 2. The smallest absolute Gasteiger partial charge is 0.235 e. The molecule has 5 heteroatoms. The van der Waals surface area contributed by atoms with Gasteiger partial charge in [-0.05, 0) is 43.2 Å². The zero-order chi connectivity index (χ0) is 20.7. The second kappa shape index (κ2) is 10.3. The molecule has 0 saturated carbocycles. The van der Waals surface area contributed by atoms with Gasteiger partial charge in [-0.1, -0.05) is 34.6 Å². The van der Waals surface area contributed by atoms with Gasteiger partial charge in [0.1, 0.15) is 17.2 Å². The molecule has 0 aliphatic rings. The van der Waals surface area contributed by atoms with Crippen LogP contribution in [0.4, 0.5) is 0 Å². The third-order valence-corrected chi connectivity index (χ3v) is 4.72. The Morgan fingerprint density at radius 3 is 2.21 bits per heavy atom. The second-order valence-corrected chi connectivity index (χ2v) is 7.59. The average molecular weight is 387 g/mol. The van der Waals surface area contributed by atoms with E-state index in [0.29, 0.717) is 24.3 Å². The Labute approximate surface area is 169 Å². The molecule has 0 fully saturated rings. The first-order chi connectivity index (χ1) is 13.4. The van der Waals surface area contributed by atoms with Crippen LogP contribution in [-0.2, 0) is 12.8 Å². The molecule has 0 N–H and O–H groups in total. The number of hydrogen-bond donors (Lipinski definition) is 0. The fraction of sp³-hybridized carbons (Fsp3) is 0.565. The van der Waals surface area contributed by atoms with E-state index in [1.165, 1.54) is 0 Å². The molecule has 0 amide bonds. The van der Waals surface area contributed by atoms with Crippen LogP contribution >= 0.6 is 0 Å². The van der Waals surface area contributed by atoms with E-state index in [2.05, 4.69) is 34.6 Å². The van der Waals surface area contributed by atoms with E-state index in [1.807, 2.05) is 18.2 Å². The normalized spacial score (nSPS) is 12.1. The summed E-state index contributed by atoms with van der Waals surface area (Å²) in [6.45, 7) is 11.5. The van der Waals surface area contributed by atoms with Gasteiger partial charge in [-0.3, -0.25) is 0 Å². The van der Waals surface area contributed by atoms with E-state index >= 15 is 0 Å². The van der Waals surface area contributed by atoms with Crippen LogP contribution < -0.4 is 14.2 Å². The monoisotopic (exact) mass is 386 g/mol. The molecule has 1 atom stereocenters. The molecule has 1 heterocycles. The number of hydrogen-bond acceptors (Lipinski definition) is 5. The number of ether oxygens (including phenoxy) is 3. The first-order valence-electron chi connectivity index (χ1n) is 10.2. The summed E-state index contributed by atoms with van der Waals surface area (Å²) >= 11 is 0. The van der Waals surface area contributed by atoms with Crippen LogP contribution in [0.2, 0.25) is 0 Å². The highest BCUT2D eigenvalue weighted by Gasteiger charge is 2.18. The van der Waals surface area contributed by atoms with Gasteiger partial charge in [0.05, 0.1) is 32.2 Å². The van der Waals surface area contributed by atoms with Gasteiger partial charge in [0.25, 0.3) is 0 Å². The van der Waals surface area contributed by atoms with Crippen LogP contribution in [0.15, 0.2) is 18.2 Å². The zero-order valence-corrected chi connectivity index (χ0v) is 18.3. The molecule has 0 spiro atoms. The summed E-state index contributed by atoms with van der Waals surface area (Å²) in [5, 5.41) is 0. The van der Waals surface area contributed by atoms with Gasteiger partial charge in [0.2, 0.25) is 5.88 Å². The number of aromatic nitrogens is 2. The predicted molar refractivity (Wildman–Crippen MR) is 113 cm³/mol. The maximum Gasteiger partial charge on any atom is 0.235 e. The molecule has 0 radical (unpaired) electrons. The van der Waals surface area contributed by atoms with Crippen molar-refractivity contribution in [2.75, 3.05) is 20.8 Å². The molecular weight excluding hydrogens is 352 g/mol. The van der Waals surface area contributed by atoms with Gasteiger partial charge >= 0.3 is 0 Å². The second-order valence-electron chi connectivity index (χ2n) is 7.59. The van der Waals surface area contributed by atoms with Crippen molar-refractivity contribution in [3.63, 3.8) is 0 Å². The quantitative estimate of drug-likeness (QED) is 0.551. The SMILES string of the molecule is CCc1nc(-c2ccc(OC)cc2OC)c(CC)nc1OCC(C)CC(C)C. The average Bonchev–Trinajstić information content (AvgIpc) is 2.70. The van der Waals surface area contributed by atoms with E-state index < -0.39 is 0 Å². The third-order valence-electron chi connectivity index (χ3n) is 4.72. The molecule has 154 valence electrons. The van der Waals surface area contributed by atoms with Gasteiger partial charge in [-0.2, -0.15) is 0 Å². The Kier molecular flexibility index (Phi) is 8.09. The maximum atomic E-state index is 6.09. The Hall–Kier alpha value is -2.30. The lowest BCUT2D eigenvalue weighted by Gasteiger charge is -2.18. The van der Waals surface area contributed by atoms with E-state index in [4.69, 9.17) is 24.2 Å². The van der Waals surface area contributed by atoms with Crippen molar-refractivity contribution in [3.8, 4) is 28.6 Å². The van der Waals surface area contributed by atoms with Crippen LogP contribution in [0, 0.1) is 11.8 Å². The molecular formula is C23H34N2O3. The van der Waals surface area contributed by atoms with E-state index in [0.717, 1.165) is 53.4 Å². The summed E-state index contributed by atoms with van der Waals surface area (Å²) in [4.78, 5) is 9.76. The first-order valence-corrected chi connectivity index (χ1v) is 10.2. The fourth-order valence-electron chi connectivity index (χ4n) is 3.38. The van der Waals surface area contributed by atoms with Crippen LogP contribution in [0.3, 0.4) is 0 Å². The summed E-state index contributed by atoms with van der Waals surface area (Å²) in [6, 6.07) is 5.77. The first kappa shape index (κ1) is 22.0. The minimum atomic E-state index is 0.484. The molecule has 0 saturated heterocycles. The van der Waals surface area contributed by atoms with Crippen molar-refractivity contribution in [3.05, 3.63) is 29.6 Å². The van der Waals surface area contributed by atoms with Crippen molar-refractivity contribution in [1.82, 2.24) is 9.97 Å². The van der Waals surface area contributed by atoms with Crippen LogP contribution in [0.25, 0.3) is 11.3 Å². The highest BCUT2D eigenvalue weighted by Crippen LogP contribution is 2.35. The molecule has 0 aliphatic heterocycles. The molecule has 0 aliphatic carbocycles. The zero-order valence-electron chi connectivity index (χ0n) is 18.3. The Morgan fingerprint density at radius 2 is 1.64 bits per heavy atom. The Bertz CT molecular complexity index is 775. The number of aryl methyl sites for hydroxylation is 2. The standard InChI is InChI=1S/C23H34N2O3/c1-8-19-22(18-11-10-17(26-6)13-21(18)27-7)24-20(9-2)23(25-19)28-14-16(5)12-15(3)4/h10-11,13,15-16H,8-9,12,14H2,1-7H3. The fourth-order valence-corrected chi connectivity index (χ4v) is 3.38. The lowest BCUT2D eigenvalue weighted by atomic mass is 10.00. The topological polar surface area (TPSA) is 53.5 Å². The van der Waals surface area contributed by atoms with Crippen molar-refractivity contribution in [2.24, 2.45) is 11.8 Å². The maximum absolute atomic E-state index is 6.09. The van der Waals surface area contributed by atoms with E-state index in [1.54, 1.807) is 14.2 Å². The van der Waals surface area contributed by atoms with Crippen molar-refractivity contribution < 1.29 is 14.2 Å². The number of rotatable bonds is 10. The molecule has 0 bridgehead atoms. The predicted octanol–water partition coefficient (Wildman–Crippen LogP) is 5.35.